The van der Waals surface area contributed by atoms with Crippen LogP contribution in [0, 0.1) is 0 Å². The number of aromatic nitrogens is 2. The summed E-state index contributed by atoms with van der Waals surface area (Å²) < 4.78 is 9.17. The van der Waals surface area contributed by atoms with Gasteiger partial charge in [-0.1, -0.05) is 5.16 Å². The number of nitrogens with one attached hydrogen (secondary N) is 1. The average Bonchev–Trinajstić information content (AvgIpc) is 2.74. The molecule has 2 rings (SSSR count). The number of oxazole rings is 1. The Bertz CT molecular complexity index is 379. The second-order valence-electron chi connectivity index (χ2n) is 2.24. The molecule has 6 heteroatoms. The Morgan fingerprint density at radius 1 is 1.46 bits per heavy atom. The molecule has 0 aliphatic carbocycles. The van der Waals surface area contributed by atoms with Gasteiger partial charge < -0.3 is 14.3 Å². The number of hydrogen-bond acceptors (Lipinski definition) is 5. The number of rotatable bonds is 2. The molecule has 0 fully saturated rings. The van der Waals surface area contributed by atoms with Crippen LogP contribution in [0.25, 0.3) is 0 Å². The van der Waals surface area contributed by atoms with Crippen LogP contribution in [0.4, 0.5) is 5.69 Å². The second kappa shape index (κ2) is 3.10. The molecule has 1 N–H and O–H groups in total. The van der Waals surface area contributed by atoms with E-state index in [-0.39, 0.29) is 11.6 Å². The third-order valence-electron chi connectivity index (χ3n) is 1.36. The second-order valence-corrected chi connectivity index (χ2v) is 2.24. The molecule has 0 atom stereocenters. The molecule has 0 aliphatic heterocycles. The lowest BCUT2D eigenvalue weighted by Gasteiger charge is -1.95. The molecule has 0 aromatic carbocycles. The van der Waals surface area contributed by atoms with Gasteiger partial charge in [-0.2, -0.15) is 0 Å². The first-order valence-electron chi connectivity index (χ1n) is 3.45. The summed E-state index contributed by atoms with van der Waals surface area (Å²) in [5.74, 6) is -0.364. The van der Waals surface area contributed by atoms with Crippen LogP contribution in [0.2, 0.25) is 0 Å². The molecule has 13 heavy (non-hydrogen) atoms. The molecular weight excluding hydrogens is 174 g/mol. The van der Waals surface area contributed by atoms with Gasteiger partial charge in [0.15, 0.2) is 12.1 Å². The number of anilines is 1. The average molecular weight is 179 g/mol. The number of amides is 1. The summed E-state index contributed by atoms with van der Waals surface area (Å²) in [5, 5.41) is 5.93. The van der Waals surface area contributed by atoms with Crippen molar-refractivity contribution in [1.29, 1.82) is 0 Å². The van der Waals surface area contributed by atoms with Crippen molar-refractivity contribution in [1.82, 2.24) is 10.1 Å². The van der Waals surface area contributed by atoms with Crippen LogP contribution < -0.4 is 5.32 Å². The van der Waals surface area contributed by atoms with Crippen molar-refractivity contribution >= 4 is 11.6 Å². The molecule has 2 aromatic heterocycles. The summed E-state index contributed by atoms with van der Waals surface area (Å²) >= 11 is 0. The highest BCUT2D eigenvalue weighted by atomic mass is 16.5. The normalized spacial score (nSPS) is 9.85. The maximum absolute atomic E-state index is 11.3. The topological polar surface area (TPSA) is 81.2 Å². The first-order valence-corrected chi connectivity index (χ1v) is 3.45. The summed E-state index contributed by atoms with van der Waals surface area (Å²) in [5.41, 5.74) is 0.689. The lowest BCUT2D eigenvalue weighted by atomic mass is 10.4. The van der Waals surface area contributed by atoms with E-state index in [0.29, 0.717) is 5.69 Å². The third-order valence-corrected chi connectivity index (χ3v) is 1.36. The highest BCUT2D eigenvalue weighted by Gasteiger charge is 2.09. The third kappa shape index (κ3) is 1.56. The maximum atomic E-state index is 11.3. The van der Waals surface area contributed by atoms with E-state index in [9.17, 15) is 4.79 Å². The van der Waals surface area contributed by atoms with Gasteiger partial charge in [0.1, 0.15) is 18.2 Å². The van der Waals surface area contributed by atoms with Crippen LogP contribution in [0.15, 0.2) is 34.1 Å². The van der Waals surface area contributed by atoms with Gasteiger partial charge in [0, 0.05) is 0 Å². The monoisotopic (exact) mass is 179 g/mol. The Labute approximate surface area is 72.5 Å². The van der Waals surface area contributed by atoms with Crippen molar-refractivity contribution < 1.29 is 13.7 Å². The summed E-state index contributed by atoms with van der Waals surface area (Å²) in [7, 11) is 0. The zero-order chi connectivity index (χ0) is 9.10. The quantitative estimate of drug-likeness (QED) is 0.741. The van der Waals surface area contributed by atoms with Gasteiger partial charge in [0.2, 0.25) is 0 Å². The van der Waals surface area contributed by atoms with E-state index in [1.54, 1.807) is 0 Å². The Kier molecular flexibility index (Phi) is 1.79. The number of carbonyl (C=O) groups is 1. The molecule has 0 radical (unpaired) electrons. The standard InChI is InChI=1S/C7H5N3O3/c11-7(6-3-12-4-8-6)10-5-1-9-13-2-5/h1-4H,(H,10,11). The first-order chi connectivity index (χ1) is 6.36. The van der Waals surface area contributed by atoms with E-state index in [2.05, 4.69) is 24.4 Å². The molecule has 0 unspecified atom stereocenters. The fourth-order valence-electron chi connectivity index (χ4n) is 0.786. The van der Waals surface area contributed by atoms with Gasteiger partial charge in [-0.3, -0.25) is 4.79 Å². The van der Waals surface area contributed by atoms with E-state index in [4.69, 9.17) is 0 Å². The predicted octanol–water partition coefficient (Wildman–Crippen LogP) is 0.915. The smallest absolute Gasteiger partial charge is 0.277 e. The Balaban J connectivity index is 2.08. The molecular formula is C7H5N3O3. The Hall–Kier alpha value is -2.11. The zero-order valence-corrected chi connectivity index (χ0v) is 6.43. The molecule has 0 saturated heterocycles. The number of carbonyl (C=O) groups excluding carboxylic acids is 1. The molecule has 0 bridgehead atoms. The largest absolute Gasteiger partial charge is 0.451 e. The highest BCUT2D eigenvalue weighted by molar-refractivity contribution is 6.02. The lowest BCUT2D eigenvalue weighted by Crippen LogP contribution is -2.11. The SMILES string of the molecule is O=C(Nc1cnoc1)c1cocn1. The lowest BCUT2D eigenvalue weighted by molar-refractivity contribution is 0.102. The first kappa shape index (κ1) is 7.53. The van der Waals surface area contributed by atoms with Crippen LogP contribution in [-0.4, -0.2) is 16.0 Å². The minimum absolute atomic E-state index is 0.209. The van der Waals surface area contributed by atoms with Gasteiger partial charge in [-0.15, -0.1) is 0 Å². The molecule has 2 aromatic rings. The number of hydrogen-bond donors (Lipinski definition) is 1. The fourth-order valence-corrected chi connectivity index (χ4v) is 0.786. The van der Waals surface area contributed by atoms with Crippen molar-refractivity contribution in [2.24, 2.45) is 0 Å². The maximum Gasteiger partial charge on any atom is 0.277 e. The van der Waals surface area contributed by atoms with Crippen molar-refractivity contribution in [3.05, 3.63) is 30.8 Å². The van der Waals surface area contributed by atoms with Crippen molar-refractivity contribution in [2.75, 3.05) is 5.32 Å². The minimum Gasteiger partial charge on any atom is -0.451 e. The molecule has 66 valence electrons. The summed E-state index contributed by atoms with van der Waals surface area (Å²) in [6.45, 7) is 0. The van der Waals surface area contributed by atoms with E-state index in [1.165, 1.54) is 25.1 Å². The van der Waals surface area contributed by atoms with Crippen molar-refractivity contribution in [2.45, 2.75) is 0 Å². The molecule has 0 spiro atoms. The van der Waals surface area contributed by atoms with E-state index in [0.717, 1.165) is 0 Å². The molecule has 1 amide bonds. The van der Waals surface area contributed by atoms with Crippen LogP contribution in [0.3, 0.4) is 0 Å². The van der Waals surface area contributed by atoms with E-state index >= 15 is 0 Å². The van der Waals surface area contributed by atoms with Gasteiger partial charge >= 0.3 is 0 Å². The molecule has 0 saturated carbocycles. The summed E-state index contributed by atoms with van der Waals surface area (Å²) in [6, 6.07) is 0. The number of nitrogens with zero attached hydrogens (tertiary/aromatic N) is 2. The summed E-state index contributed by atoms with van der Waals surface area (Å²) in [6.07, 6.45) is 5.14. The Morgan fingerprint density at radius 3 is 3.00 bits per heavy atom. The molecule has 0 aliphatic rings. The van der Waals surface area contributed by atoms with Gasteiger partial charge in [0.25, 0.3) is 5.91 Å². The van der Waals surface area contributed by atoms with Crippen LogP contribution in [0.1, 0.15) is 10.5 Å². The highest BCUT2D eigenvalue weighted by Crippen LogP contribution is 2.05. The zero-order valence-electron chi connectivity index (χ0n) is 6.43. The van der Waals surface area contributed by atoms with Gasteiger partial charge in [-0.25, -0.2) is 4.98 Å². The van der Waals surface area contributed by atoms with Crippen LogP contribution >= 0.6 is 0 Å². The van der Waals surface area contributed by atoms with Gasteiger partial charge in [-0.05, 0) is 0 Å². The molecule has 2 heterocycles. The minimum atomic E-state index is -0.364. The van der Waals surface area contributed by atoms with Crippen molar-refractivity contribution in [3.63, 3.8) is 0 Å². The van der Waals surface area contributed by atoms with Crippen molar-refractivity contribution in [3.8, 4) is 0 Å². The van der Waals surface area contributed by atoms with Crippen LogP contribution in [-0.2, 0) is 0 Å². The van der Waals surface area contributed by atoms with E-state index < -0.39 is 0 Å². The Morgan fingerprint density at radius 2 is 2.38 bits per heavy atom. The predicted molar refractivity (Wildman–Crippen MR) is 41.0 cm³/mol. The van der Waals surface area contributed by atoms with Crippen LogP contribution in [0.5, 0.6) is 0 Å². The summed E-state index contributed by atoms with van der Waals surface area (Å²) in [4.78, 5) is 14.9. The molecule has 6 nitrogen and oxygen atoms in total. The van der Waals surface area contributed by atoms with Gasteiger partial charge in [0.05, 0.1) is 6.20 Å². The fraction of sp³-hybridized carbons (Fsp3) is 0. The van der Waals surface area contributed by atoms with E-state index in [1.807, 2.05) is 0 Å².